The molecule has 5 nitrogen and oxygen atoms in total. The number of aryl methyl sites for hydroxylation is 1. The molecule has 2 fully saturated rings. The highest BCUT2D eigenvalue weighted by Gasteiger charge is 2.47. The van der Waals surface area contributed by atoms with Crippen LogP contribution in [0.3, 0.4) is 0 Å². The van der Waals surface area contributed by atoms with E-state index in [1.807, 2.05) is 34.1 Å². The van der Waals surface area contributed by atoms with Crippen LogP contribution in [-0.2, 0) is 6.42 Å². The minimum Gasteiger partial charge on any atom is -0.324 e. The lowest BCUT2D eigenvalue weighted by molar-refractivity contribution is 0.0585. The van der Waals surface area contributed by atoms with Gasteiger partial charge in [0.1, 0.15) is 5.82 Å². The molecule has 2 aliphatic rings. The van der Waals surface area contributed by atoms with E-state index in [2.05, 4.69) is 12.2 Å². The Kier molecular flexibility index (Phi) is 5.99. The van der Waals surface area contributed by atoms with Crippen molar-refractivity contribution < 1.29 is 14.0 Å². The summed E-state index contributed by atoms with van der Waals surface area (Å²) < 4.78 is 13.6. The summed E-state index contributed by atoms with van der Waals surface area (Å²) in [6, 6.07) is 13.7. The van der Waals surface area contributed by atoms with Crippen LogP contribution < -0.4 is 5.32 Å². The zero-order chi connectivity index (χ0) is 21.1. The molecule has 0 unspecified atom stereocenters. The topological polar surface area (TPSA) is 52.7 Å². The van der Waals surface area contributed by atoms with Crippen molar-refractivity contribution in [3.05, 3.63) is 65.5 Å². The largest absolute Gasteiger partial charge is 0.324 e. The van der Waals surface area contributed by atoms with E-state index in [-0.39, 0.29) is 16.8 Å². The quantitative estimate of drug-likeness (QED) is 0.779. The number of hydrogen-bond donors (Lipinski definition) is 1. The normalized spacial score (nSPS) is 17.9. The summed E-state index contributed by atoms with van der Waals surface area (Å²) >= 11 is 1.78. The van der Waals surface area contributed by atoms with Crippen molar-refractivity contribution in [3.8, 4) is 0 Å². The third-order valence-electron chi connectivity index (χ3n) is 5.91. The van der Waals surface area contributed by atoms with E-state index in [1.54, 1.807) is 23.9 Å². The number of nitrogens with one attached hydrogen (secondary N) is 1. The molecule has 0 atom stereocenters. The molecule has 2 aromatic carbocycles. The maximum absolute atomic E-state index is 13.6. The SMILES string of the molecule is CCc1cccc(NC(=O)N2CCC3(CC2)SCCN3C(=O)c2cccc(F)c2)c1. The number of rotatable bonds is 3. The summed E-state index contributed by atoms with van der Waals surface area (Å²) in [6.07, 6.45) is 2.34. The Hall–Kier alpha value is -2.54. The summed E-state index contributed by atoms with van der Waals surface area (Å²) in [5.74, 6) is 0.325. The van der Waals surface area contributed by atoms with Gasteiger partial charge in [-0.25, -0.2) is 9.18 Å². The second kappa shape index (κ2) is 8.68. The molecule has 7 heteroatoms. The van der Waals surface area contributed by atoms with E-state index in [1.165, 1.54) is 17.7 Å². The molecular weight excluding hydrogens is 401 g/mol. The van der Waals surface area contributed by atoms with Crippen LogP contribution in [0, 0.1) is 5.82 Å². The summed E-state index contributed by atoms with van der Waals surface area (Å²) in [4.78, 5) is 29.2. The molecule has 0 radical (unpaired) electrons. The Labute approximate surface area is 180 Å². The van der Waals surface area contributed by atoms with Gasteiger partial charge in [-0.05, 0) is 55.2 Å². The lowest BCUT2D eigenvalue weighted by Crippen LogP contribution is -2.54. The second-order valence-electron chi connectivity index (χ2n) is 7.73. The molecule has 0 aliphatic carbocycles. The van der Waals surface area contributed by atoms with Crippen LogP contribution in [0.2, 0.25) is 0 Å². The Morgan fingerprint density at radius 3 is 2.60 bits per heavy atom. The van der Waals surface area contributed by atoms with Crippen LogP contribution in [0.5, 0.6) is 0 Å². The highest BCUT2D eigenvalue weighted by molar-refractivity contribution is 8.00. The number of likely N-dealkylation sites (tertiary alicyclic amines) is 1. The monoisotopic (exact) mass is 427 g/mol. The average Bonchev–Trinajstić information content (AvgIpc) is 3.16. The molecule has 158 valence electrons. The number of nitrogens with zero attached hydrogens (tertiary/aromatic N) is 2. The van der Waals surface area contributed by atoms with E-state index < -0.39 is 5.82 Å². The first-order valence-electron chi connectivity index (χ1n) is 10.4. The Morgan fingerprint density at radius 2 is 1.87 bits per heavy atom. The number of carbonyl (C=O) groups excluding carboxylic acids is 2. The van der Waals surface area contributed by atoms with Crippen LogP contribution in [0.15, 0.2) is 48.5 Å². The van der Waals surface area contributed by atoms with Crippen LogP contribution in [-0.4, -0.2) is 52.0 Å². The molecule has 2 aromatic rings. The first kappa shape index (κ1) is 20.7. The molecule has 1 spiro atoms. The Balaban J connectivity index is 1.41. The number of piperidine rings is 1. The van der Waals surface area contributed by atoms with Crippen LogP contribution in [0.1, 0.15) is 35.7 Å². The van der Waals surface area contributed by atoms with Gasteiger partial charge in [0, 0.05) is 36.6 Å². The molecule has 0 saturated carbocycles. The second-order valence-corrected chi connectivity index (χ2v) is 9.19. The molecule has 2 aliphatic heterocycles. The van der Waals surface area contributed by atoms with E-state index in [0.29, 0.717) is 38.0 Å². The maximum atomic E-state index is 13.6. The van der Waals surface area contributed by atoms with E-state index in [0.717, 1.165) is 17.9 Å². The van der Waals surface area contributed by atoms with Crippen LogP contribution >= 0.6 is 11.8 Å². The van der Waals surface area contributed by atoms with Crippen molar-refractivity contribution in [2.75, 3.05) is 30.7 Å². The fourth-order valence-corrected chi connectivity index (χ4v) is 5.67. The highest BCUT2D eigenvalue weighted by Crippen LogP contribution is 2.44. The van der Waals surface area contributed by atoms with Gasteiger partial charge in [0.2, 0.25) is 0 Å². The molecule has 0 bridgehead atoms. The number of amides is 3. The van der Waals surface area contributed by atoms with Crippen molar-refractivity contribution in [1.29, 1.82) is 0 Å². The van der Waals surface area contributed by atoms with Crippen LogP contribution in [0.25, 0.3) is 0 Å². The minimum absolute atomic E-state index is 0.107. The Bertz CT molecular complexity index is 944. The first-order chi connectivity index (χ1) is 14.5. The van der Waals surface area contributed by atoms with Gasteiger partial charge < -0.3 is 15.1 Å². The van der Waals surface area contributed by atoms with Gasteiger partial charge in [-0.1, -0.05) is 25.1 Å². The van der Waals surface area contributed by atoms with Gasteiger partial charge in [-0.3, -0.25) is 4.79 Å². The third-order valence-corrected chi connectivity index (χ3v) is 7.47. The van der Waals surface area contributed by atoms with Crippen molar-refractivity contribution in [2.24, 2.45) is 0 Å². The van der Waals surface area contributed by atoms with Gasteiger partial charge in [0.25, 0.3) is 5.91 Å². The van der Waals surface area contributed by atoms with Crippen molar-refractivity contribution in [3.63, 3.8) is 0 Å². The van der Waals surface area contributed by atoms with Gasteiger partial charge >= 0.3 is 6.03 Å². The van der Waals surface area contributed by atoms with Crippen molar-refractivity contribution in [2.45, 2.75) is 31.1 Å². The van der Waals surface area contributed by atoms with Crippen molar-refractivity contribution in [1.82, 2.24) is 9.80 Å². The smallest absolute Gasteiger partial charge is 0.321 e. The number of hydrogen-bond acceptors (Lipinski definition) is 3. The number of thioether (sulfide) groups is 1. The molecule has 4 rings (SSSR count). The fraction of sp³-hybridized carbons (Fsp3) is 0.391. The average molecular weight is 428 g/mol. The van der Waals surface area contributed by atoms with E-state index in [9.17, 15) is 14.0 Å². The predicted octanol–water partition coefficient (Wildman–Crippen LogP) is 4.60. The summed E-state index contributed by atoms with van der Waals surface area (Å²) in [5, 5.41) is 2.99. The van der Waals surface area contributed by atoms with E-state index in [4.69, 9.17) is 0 Å². The number of carbonyl (C=O) groups is 2. The molecular formula is C23H26FN3O2S. The number of urea groups is 1. The summed E-state index contributed by atoms with van der Waals surface area (Å²) in [5.41, 5.74) is 2.37. The predicted molar refractivity (Wildman–Crippen MR) is 118 cm³/mol. The van der Waals surface area contributed by atoms with E-state index >= 15 is 0 Å². The maximum Gasteiger partial charge on any atom is 0.321 e. The Morgan fingerprint density at radius 1 is 1.10 bits per heavy atom. The lowest BCUT2D eigenvalue weighted by Gasteiger charge is -2.44. The summed E-state index contributed by atoms with van der Waals surface area (Å²) in [7, 11) is 0. The van der Waals surface area contributed by atoms with Gasteiger partial charge in [0.05, 0.1) is 4.87 Å². The lowest BCUT2D eigenvalue weighted by atomic mass is 10.0. The zero-order valence-electron chi connectivity index (χ0n) is 17.1. The molecule has 3 amide bonds. The standard InChI is InChI=1S/C23H26FN3O2S/c1-2-17-5-3-8-20(15-17)25-22(29)26-11-9-23(10-12-26)27(13-14-30-23)21(28)18-6-4-7-19(24)16-18/h3-8,15-16H,2,9-14H2,1H3,(H,25,29). The number of benzene rings is 2. The fourth-order valence-electron chi connectivity index (χ4n) is 4.22. The zero-order valence-corrected chi connectivity index (χ0v) is 17.9. The molecule has 2 heterocycles. The molecule has 2 saturated heterocycles. The molecule has 30 heavy (non-hydrogen) atoms. The number of halogens is 1. The third kappa shape index (κ3) is 4.17. The summed E-state index contributed by atoms with van der Waals surface area (Å²) in [6.45, 7) is 3.90. The highest BCUT2D eigenvalue weighted by atomic mass is 32.2. The van der Waals surface area contributed by atoms with Crippen LogP contribution in [0.4, 0.5) is 14.9 Å². The molecule has 0 aromatic heterocycles. The first-order valence-corrected chi connectivity index (χ1v) is 11.4. The minimum atomic E-state index is -0.402. The van der Waals surface area contributed by atoms with Crippen molar-refractivity contribution >= 4 is 29.4 Å². The number of anilines is 1. The van der Waals surface area contributed by atoms with Gasteiger partial charge in [-0.15, -0.1) is 11.8 Å². The molecule has 1 N–H and O–H groups in total. The van der Waals surface area contributed by atoms with Gasteiger partial charge in [-0.2, -0.15) is 0 Å². The van der Waals surface area contributed by atoms with Gasteiger partial charge in [0.15, 0.2) is 0 Å².